The highest BCUT2D eigenvalue weighted by Gasteiger charge is 2.12. The molecule has 1 aromatic heterocycles. The van der Waals surface area contributed by atoms with Crippen molar-refractivity contribution >= 4 is 16.7 Å². The molecule has 0 bridgehead atoms. The molecule has 0 saturated carbocycles. The van der Waals surface area contributed by atoms with Gasteiger partial charge in [0.15, 0.2) is 5.76 Å². The maximum absolute atomic E-state index is 11.7. The Kier molecular flexibility index (Phi) is 3.48. The van der Waals surface area contributed by atoms with Crippen molar-refractivity contribution in [1.29, 1.82) is 5.26 Å². The highest BCUT2D eigenvalue weighted by Crippen LogP contribution is 2.19. The number of ether oxygens (including phenoxy) is 1. The molecule has 0 atom stereocenters. The second-order valence-electron chi connectivity index (χ2n) is 3.69. The van der Waals surface area contributed by atoms with Gasteiger partial charge in [0, 0.05) is 0 Å². The molecule has 0 aliphatic rings. The van der Waals surface area contributed by atoms with E-state index in [0.717, 1.165) is 0 Å². The lowest BCUT2D eigenvalue weighted by Crippen LogP contribution is -2.24. The summed E-state index contributed by atoms with van der Waals surface area (Å²) in [4.78, 5) is 23.4. The molecule has 0 unspecified atom stereocenters. The average Bonchev–Trinajstić information content (AvgIpc) is 2.43. The minimum absolute atomic E-state index is 0.138. The summed E-state index contributed by atoms with van der Waals surface area (Å²) in [5.41, 5.74) is -0.609. The molecule has 0 aliphatic heterocycles. The van der Waals surface area contributed by atoms with Crippen LogP contribution in [0, 0.1) is 11.3 Å². The number of nitriles is 1. The summed E-state index contributed by atoms with van der Waals surface area (Å²) in [6.07, 6.45) is 0. The second-order valence-corrected chi connectivity index (χ2v) is 3.69. The van der Waals surface area contributed by atoms with Crippen molar-refractivity contribution in [3.05, 3.63) is 40.4 Å². The van der Waals surface area contributed by atoms with Crippen LogP contribution in [0.25, 0.3) is 10.8 Å². The van der Waals surface area contributed by atoms with Crippen LogP contribution >= 0.6 is 0 Å². The van der Waals surface area contributed by atoms with Gasteiger partial charge in [0.1, 0.15) is 12.3 Å². The number of nitrogens with one attached hydrogen (secondary N) is 1. The van der Waals surface area contributed by atoms with E-state index < -0.39 is 11.5 Å². The van der Waals surface area contributed by atoms with Gasteiger partial charge in [-0.25, -0.2) is 4.79 Å². The molecule has 2 rings (SSSR count). The number of carbonyl (C=O) groups is 1. The Balaban J connectivity index is 2.50. The van der Waals surface area contributed by atoms with Crippen molar-refractivity contribution < 1.29 is 13.9 Å². The molecule has 2 aromatic rings. The highest BCUT2D eigenvalue weighted by atomic mass is 16.5. The Morgan fingerprint density at radius 2 is 2.26 bits per heavy atom. The summed E-state index contributed by atoms with van der Waals surface area (Å²) in [5.74, 6) is -0.175. The number of methoxy groups -OCH3 is 1. The predicted molar refractivity (Wildman–Crippen MR) is 67.0 cm³/mol. The van der Waals surface area contributed by atoms with Gasteiger partial charge in [0.25, 0.3) is 5.91 Å². The van der Waals surface area contributed by atoms with E-state index in [9.17, 15) is 9.59 Å². The average molecular weight is 258 g/mol. The fourth-order valence-electron chi connectivity index (χ4n) is 1.62. The summed E-state index contributed by atoms with van der Waals surface area (Å²) in [7, 11) is 1.51. The molecule has 0 saturated heterocycles. The molecular formula is C13H10N2O4. The van der Waals surface area contributed by atoms with Crippen molar-refractivity contribution in [1.82, 2.24) is 5.32 Å². The predicted octanol–water partition coefficient (Wildman–Crippen LogP) is 1.05. The Labute approximate surface area is 108 Å². The van der Waals surface area contributed by atoms with E-state index in [4.69, 9.17) is 14.4 Å². The summed E-state index contributed by atoms with van der Waals surface area (Å²) in [6.45, 7) is -0.154. The zero-order valence-corrected chi connectivity index (χ0v) is 10.1. The van der Waals surface area contributed by atoms with Crippen LogP contribution < -0.4 is 15.7 Å². The Morgan fingerprint density at radius 3 is 2.95 bits per heavy atom. The number of hydrogen-bond donors (Lipinski definition) is 1. The standard InChI is InChI=1S/C13H10N2O4/c1-18-9-2-3-10-8(6-9)7-11(19-13(10)17)12(16)15-5-4-14/h2-3,6-7H,5H2,1H3,(H,15,16). The van der Waals surface area contributed by atoms with E-state index in [2.05, 4.69) is 5.32 Å². The van der Waals surface area contributed by atoms with Crippen LogP contribution in [0.15, 0.2) is 33.5 Å². The third-order valence-corrected chi connectivity index (χ3v) is 2.52. The minimum Gasteiger partial charge on any atom is -0.497 e. The number of carbonyl (C=O) groups excluding carboxylic acids is 1. The quantitative estimate of drug-likeness (QED) is 0.831. The number of rotatable bonds is 3. The van der Waals surface area contributed by atoms with Crippen LogP contribution in [0.1, 0.15) is 10.6 Å². The molecule has 1 N–H and O–H groups in total. The van der Waals surface area contributed by atoms with E-state index in [0.29, 0.717) is 16.5 Å². The van der Waals surface area contributed by atoms with Crippen LogP contribution in [0.3, 0.4) is 0 Å². The number of amides is 1. The molecule has 1 amide bonds. The molecule has 1 heterocycles. The molecule has 0 spiro atoms. The third-order valence-electron chi connectivity index (χ3n) is 2.52. The van der Waals surface area contributed by atoms with Crippen molar-refractivity contribution in [3.63, 3.8) is 0 Å². The first-order valence-corrected chi connectivity index (χ1v) is 5.42. The molecule has 6 nitrogen and oxygen atoms in total. The van der Waals surface area contributed by atoms with Crippen molar-refractivity contribution in [2.75, 3.05) is 13.7 Å². The molecule has 0 radical (unpaired) electrons. The summed E-state index contributed by atoms with van der Waals surface area (Å²) >= 11 is 0. The Hall–Kier alpha value is -2.81. The van der Waals surface area contributed by atoms with E-state index in [1.165, 1.54) is 13.2 Å². The molecule has 19 heavy (non-hydrogen) atoms. The molecular weight excluding hydrogens is 248 g/mol. The topological polar surface area (TPSA) is 92.3 Å². The lowest BCUT2D eigenvalue weighted by atomic mass is 10.1. The van der Waals surface area contributed by atoms with Crippen LogP contribution in [0.2, 0.25) is 0 Å². The van der Waals surface area contributed by atoms with E-state index in [1.807, 2.05) is 0 Å². The fraction of sp³-hybridized carbons (Fsp3) is 0.154. The van der Waals surface area contributed by atoms with Gasteiger partial charge in [-0.15, -0.1) is 0 Å². The smallest absolute Gasteiger partial charge is 0.344 e. The fourth-order valence-corrected chi connectivity index (χ4v) is 1.62. The second kappa shape index (κ2) is 5.23. The Bertz CT molecular complexity index is 727. The van der Waals surface area contributed by atoms with Crippen LogP contribution in [0.5, 0.6) is 5.75 Å². The molecule has 0 aliphatic carbocycles. The van der Waals surface area contributed by atoms with Gasteiger partial charge >= 0.3 is 5.63 Å². The number of hydrogen-bond acceptors (Lipinski definition) is 5. The van der Waals surface area contributed by atoms with Crippen molar-refractivity contribution in [3.8, 4) is 11.8 Å². The van der Waals surface area contributed by atoms with Crippen LogP contribution in [-0.4, -0.2) is 19.6 Å². The third kappa shape index (κ3) is 2.55. The van der Waals surface area contributed by atoms with Gasteiger partial charge in [-0.1, -0.05) is 0 Å². The minimum atomic E-state index is -0.609. The van der Waals surface area contributed by atoms with Gasteiger partial charge in [0.05, 0.1) is 18.6 Å². The molecule has 0 fully saturated rings. The molecule has 6 heteroatoms. The maximum atomic E-state index is 11.7. The number of nitrogens with zero attached hydrogens (tertiary/aromatic N) is 1. The Morgan fingerprint density at radius 1 is 1.47 bits per heavy atom. The maximum Gasteiger partial charge on any atom is 0.344 e. The largest absolute Gasteiger partial charge is 0.497 e. The summed E-state index contributed by atoms with van der Waals surface area (Å²) in [5, 5.41) is 11.6. The number of fused-ring (bicyclic) bond motifs is 1. The summed E-state index contributed by atoms with van der Waals surface area (Å²) < 4.78 is 9.96. The van der Waals surface area contributed by atoms with Gasteiger partial charge in [-0.3, -0.25) is 4.79 Å². The van der Waals surface area contributed by atoms with Gasteiger partial charge in [0.2, 0.25) is 0 Å². The van der Waals surface area contributed by atoms with Crippen LogP contribution in [0.4, 0.5) is 0 Å². The lowest BCUT2D eigenvalue weighted by Gasteiger charge is -2.04. The van der Waals surface area contributed by atoms with Gasteiger partial charge in [-0.05, 0) is 29.7 Å². The SMILES string of the molecule is COc1ccc2c(=O)oc(C(=O)NCC#N)cc2c1. The zero-order chi connectivity index (χ0) is 13.8. The first-order valence-electron chi connectivity index (χ1n) is 5.42. The normalized spacial score (nSPS) is 9.89. The van der Waals surface area contributed by atoms with E-state index in [-0.39, 0.29) is 12.3 Å². The van der Waals surface area contributed by atoms with Crippen molar-refractivity contribution in [2.45, 2.75) is 0 Å². The zero-order valence-electron chi connectivity index (χ0n) is 10.1. The highest BCUT2D eigenvalue weighted by molar-refractivity contribution is 5.95. The van der Waals surface area contributed by atoms with Gasteiger partial charge < -0.3 is 14.5 Å². The van der Waals surface area contributed by atoms with Crippen molar-refractivity contribution in [2.24, 2.45) is 0 Å². The van der Waals surface area contributed by atoms with Crippen LogP contribution in [-0.2, 0) is 0 Å². The first-order chi connectivity index (χ1) is 9.15. The molecule has 96 valence electrons. The molecule has 1 aromatic carbocycles. The van der Waals surface area contributed by atoms with Gasteiger partial charge in [-0.2, -0.15) is 5.26 Å². The van der Waals surface area contributed by atoms with E-state index in [1.54, 1.807) is 24.3 Å². The number of benzene rings is 1. The lowest BCUT2D eigenvalue weighted by molar-refractivity contribution is 0.0927. The first kappa shape index (κ1) is 12.6. The monoisotopic (exact) mass is 258 g/mol. The summed E-state index contributed by atoms with van der Waals surface area (Å²) in [6, 6.07) is 8.04. The van der Waals surface area contributed by atoms with E-state index >= 15 is 0 Å².